The molecule has 0 bridgehead atoms. The van der Waals surface area contributed by atoms with E-state index < -0.39 is 5.82 Å². The fourth-order valence-electron chi connectivity index (χ4n) is 1.92. The highest BCUT2D eigenvalue weighted by Crippen LogP contribution is 2.24. The van der Waals surface area contributed by atoms with Gasteiger partial charge >= 0.3 is 0 Å². The molecule has 0 fully saturated rings. The Labute approximate surface area is 131 Å². The summed E-state index contributed by atoms with van der Waals surface area (Å²) >= 11 is 7.30. The molecule has 0 aliphatic heterocycles. The zero-order valence-electron chi connectivity index (χ0n) is 11.7. The molecule has 6 heteroatoms. The van der Waals surface area contributed by atoms with E-state index in [0.717, 1.165) is 4.88 Å². The van der Waals surface area contributed by atoms with Crippen LogP contribution in [-0.4, -0.2) is 24.5 Å². The van der Waals surface area contributed by atoms with Gasteiger partial charge < -0.3 is 9.64 Å². The molecule has 0 unspecified atom stereocenters. The van der Waals surface area contributed by atoms with Crippen molar-refractivity contribution >= 4 is 28.8 Å². The Hall–Kier alpha value is -1.59. The van der Waals surface area contributed by atoms with E-state index in [1.807, 2.05) is 13.0 Å². The number of carbonyl (C=O) groups is 1. The van der Waals surface area contributed by atoms with Crippen molar-refractivity contribution in [3.05, 3.63) is 50.9 Å². The lowest BCUT2D eigenvalue weighted by molar-refractivity contribution is 0.0749. The van der Waals surface area contributed by atoms with Gasteiger partial charge in [-0.3, -0.25) is 4.79 Å². The zero-order chi connectivity index (χ0) is 15.4. The van der Waals surface area contributed by atoms with Crippen LogP contribution in [0, 0.1) is 5.82 Å². The number of thiophene rings is 1. The summed E-state index contributed by atoms with van der Waals surface area (Å²) < 4.78 is 19.6. The van der Waals surface area contributed by atoms with Gasteiger partial charge in [-0.25, -0.2) is 4.39 Å². The molecule has 1 aromatic heterocycles. The molecule has 1 amide bonds. The molecule has 112 valence electrons. The Morgan fingerprint density at radius 3 is 2.67 bits per heavy atom. The minimum absolute atomic E-state index is 0.0419. The van der Waals surface area contributed by atoms with E-state index in [1.54, 1.807) is 17.0 Å². The highest BCUT2D eigenvalue weighted by molar-refractivity contribution is 7.16. The Kier molecular flexibility index (Phi) is 5.20. The van der Waals surface area contributed by atoms with E-state index in [0.29, 0.717) is 23.2 Å². The number of nitrogens with zero attached hydrogens (tertiary/aromatic N) is 1. The Balaban J connectivity index is 2.19. The van der Waals surface area contributed by atoms with Crippen molar-refractivity contribution in [1.82, 2.24) is 4.90 Å². The van der Waals surface area contributed by atoms with E-state index in [4.69, 9.17) is 16.3 Å². The fraction of sp³-hybridized carbons (Fsp3) is 0.267. The number of ether oxygens (including phenoxy) is 1. The lowest BCUT2D eigenvalue weighted by Crippen LogP contribution is -2.30. The quantitative estimate of drug-likeness (QED) is 0.823. The van der Waals surface area contributed by atoms with E-state index in [-0.39, 0.29) is 11.5 Å². The summed E-state index contributed by atoms with van der Waals surface area (Å²) in [5.41, 5.74) is 0.0419. The summed E-state index contributed by atoms with van der Waals surface area (Å²) in [6, 6.07) is 7.89. The highest BCUT2D eigenvalue weighted by Gasteiger charge is 2.19. The van der Waals surface area contributed by atoms with Crippen molar-refractivity contribution in [1.29, 1.82) is 0 Å². The lowest BCUT2D eigenvalue weighted by Gasteiger charge is -2.20. The van der Waals surface area contributed by atoms with Crippen LogP contribution >= 0.6 is 22.9 Å². The second-order valence-corrected chi connectivity index (χ2v) is 6.17. The van der Waals surface area contributed by atoms with Gasteiger partial charge in [-0.2, -0.15) is 0 Å². The normalized spacial score (nSPS) is 10.5. The van der Waals surface area contributed by atoms with Crippen LogP contribution in [-0.2, 0) is 6.54 Å². The van der Waals surface area contributed by atoms with Gasteiger partial charge in [-0.05, 0) is 31.2 Å². The molecule has 0 radical (unpaired) electrons. The van der Waals surface area contributed by atoms with Crippen molar-refractivity contribution in [3.63, 3.8) is 0 Å². The highest BCUT2D eigenvalue weighted by atomic mass is 35.5. The predicted molar refractivity (Wildman–Crippen MR) is 82.7 cm³/mol. The number of rotatable bonds is 5. The van der Waals surface area contributed by atoms with Crippen molar-refractivity contribution in [2.24, 2.45) is 0 Å². The van der Waals surface area contributed by atoms with Gasteiger partial charge in [0.1, 0.15) is 11.6 Å². The molecule has 0 aliphatic rings. The van der Waals surface area contributed by atoms with Gasteiger partial charge in [0.05, 0.1) is 23.6 Å². The van der Waals surface area contributed by atoms with Gasteiger partial charge in [0.2, 0.25) is 0 Å². The fourth-order valence-corrected chi connectivity index (χ4v) is 3.02. The van der Waals surface area contributed by atoms with Crippen molar-refractivity contribution in [2.45, 2.75) is 13.5 Å². The van der Waals surface area contributed by atoms with Crippen LogP contribution in [0.1, 0.15) is 22.2 Å². The lowest BCUT2D eigenvalue weighted by atomic mass is 10.1. The third kappa shape index (κ3) is 3.74. The van der Waals surface area contributed by atoms with Crippen LogP contribution < -0.4 is 4.74 Å². The zero-order valence-corrected chi connectivity index (χ0v) is 13.3. The third-order valence-electron chi connectivity index (χ3n) is 3.05. The molecule has 0 atom stereocenters. The molecule has 0 aliphatic carbocycles. The number of hydrogen-bond donors (Lipinski definition) is 0. The Morgan fingerprint density at radius 2 is 2.14 bits per heavy atom. The van der Waals surface area contributed by atoms with Gasteiger partial charge in [-0.1, -0.05) is 11.6 Å². The van der Waals surface area contributed by atoms with Crippen LogP contribution in [0.15, 0.2) is 30.3 Å². The Bertz CT molecular complexity index is 644. The maximum Gasteiger partial charge on any atom is 0.257 e. The predicted octanol–water partition coefficient (Wildman–Crippen LogP) is 4.21. The van der Waals surface area contributed by atoms with Crippen LogP contribution in [0.25, 0.3) is 0 Å². The molecule has 1 aromatic carbocycles. The molecular formula is C15H15ClFNO2S. The number of halogens is 2. The molecule has 0 saturated heterocycles. The molecule has 0 N–H and O–H groups in total. The van der Waals surface area contributed by atoms with Crippen molar-refractivity contribution in [3.8, 4) is 5.75 Å². The first-order valence-corrected chi connectivity index (χ1v) is 7.61. The van der Waals surface area contributed by atoms with E-state index in [9.17, 15) is 9.18 Å². The first-order chi connectivity index (χ1) is 10.0. The maximum absolute atomic E-state index is 14.0. The summed E-state index contributed by atoms with van der Waals surface area (Å²) in [4.78, 5) is 15.0. The SMILES string of the molecule is CCN(Cc1ccc(Cl)s1)C(=O)c1ccc(OC)cc1F. The Morgan fingerprint density at radius 1 is 1.38 bits per heavy atom. The first-order valence-electron chi connectivity index (χ1n) is 6.42. The number of benzene rings is 1. The van der Waals surface area contributed by atoms with Crippen LogP contribution in [0.5, 0.6) is 5.75 Å². The van der Waals surface area contributed by atoms with Crippen LogP contribution in [0.4, 0.5) is 4.39 Å². The number of amides is 1. The maximum atomic E-state index is 14.0. The third-order valence-corrected chi connectivity index (χ3v) is 4.27. The first kappa shape index (κ1) is 15.8. The minimum atomic E-state index is -0.581. The molecule has 2 aromatic rings. The summed E-state index contributed by atoms with van der Waals surface area (Å²) in [6.45, 7) is 2.76. The van der Waals surface area contributed by atoms with E-state index in [2.05, 4.69) is 0 Å². The molecule has 21 heavy (non-hydrogen) atoms. The summed E-state index contributed by atoms with van der Waals surface area (Å²) in [7, 11) is 1.45. The summed E-state index contributed by atoms with van der Waals surface area (Å²) in [6.07, 6.45) is 0. The second-order valence-electron chi connectivity index (χ2n) is 4.37. The summed E-state index contributed by atoms with van der Waals surface area (Å²) in [5.74, 6) is -0.540. The van der Waals surface area contributed by atoms with Crippen molar-refractivity contribution < 1.29 is 13.9 Å². The molecule has 3 nitrogen and oxygen atoms in total. The average molecular weight is 328 g/mol. The molecule has 0 saturated carbocycles. The van der Waals surface area contributed by atoms with Crippen LogP contribution in [0.3, 0.4) is 0 Å². The number of carbonyl (C=O) groups excluding carboxylic acids is 1. The average Bonchev–Trinajstić information content (AvgIpc) is 2.89. The van der Waals surface area contributed by atoms with E-state index in [1.165, 1.54) is 30.6 Å². The standard InChI is InChI=1S/C15H15ClFNO2S/c1-3-18(9-11-5-7-14(16)21-11)15(19)12-6-4-10(20-2)8-13(12)17/h4-8H,3,9H2,1-2H3. The largest absolute Gasteiger partial charge is 0.497 e. The van der Waals surface area contributed by atoms with Crippen molar-refractivity contribution in [2.75, 3.05) is 13.7 Å². The minimum Gasteiger partial charge on any atom is -0.497 e. The number of methoxy groups -OCH3 is 1. The molecular weight excluding hydrogens is 313 g/mol. The summed E-state index contributed by atoms with van der Waals surface area (Å²) in [5, 5.41) is 0. The van der Waals surface area contributed by atoms with Crippen LogP contribution in [0.2, 0.25) is 4.34 Å². The number of hydrogen-bond acceptors (Lipinski definition) is 3. The molecule has 0 spiro atoms. The second kappa shape index (κ2) is 6.91. The molecule has 1 heterocycles. The van der Waals surface area contributed by atoms with Gasteiger partial charge in [0, 0.05) is 17.5 Å². The smallest absolute Gasteiger partial charge is 0.257 e. The monoisotopic (exact) mass is 327 g/mol. The molecule has 2 rings (SSSR count). The van der Waals surface area contributed by atoms with Gasteiger partial charge in [0.15, 0.2) is 0 Å². The topological polar surface area (TPSA) is 29.5 Å². The van der Waals surface area contributed by atoms with Gasteiger partial charge in [0.25, 0.3) is 5.91 Å². The van der Waals surface area contributed by atoms with E-state index >= 15 is 0 Å². The van der Waals surface area contributed by atoms with Gasteiger partial charge in [-0.15, -0.1) is 11.3 Å².